The zero-order chi connectivity index (χ0) is 21.4. The van der Waals surface area contributed by atoms with Crippen LogP contribution in [0.25, 0.3) is 0 Å². The molecule has 0 spiro atoms. The number of sulfonamides is 1. The van der Waals surface area contributed by atoms with Gasteiger partial charge in [-0.15, -0.1) is 0 Å². The molecule has 0 saturated carbocycles. The van der Waals surface area contributed by atoms with Gasteiger partial charge in [0.2, 0.25) is 15.9 Å². The molecule has 0 unspecified atom stereocenters. The molecule has 2 aromatic carbocycles. The third-order valence-corrected chi connectivity index (χ3v) is 6.34. The van der Waals surface area contributed by atoms with E-state index in [1.165, 1.54) is 4.31 Å². The van der Waals surface area contributed by atoms with Gasteiger partial charge in [-0.3, -0.25) is 4.79 Å². The summed E-state index contributed by atoms with van der Waals surface area (Å²) in [5, 5.41) is 5.81. The number of carbonyl (C=O) groups is 1. The van der Waals surface area contributed by atoms with Gasteiger partial charge in [0.15, 0.2) is 0 Å². The van der Waals surface area contributed by atoms with E-state index >= 15 is 0 Å². The van der Waals surface area contributed by atoms with Gasteiger partial charge < -0.3 is 15.4 Å². The van der Waals surface area contributed by atoms with Gasteiger partial charge in [0, 0.05) is 19.3 Å². The van der Waals surface area contributed by atoms with Crippen molar-refractivity contribution in [2.75, 3.05) is 37.9 Å². The molecule has 7 nitrogen and oxygen atoms in total. The predicted molar refractivity (Wildman–Crippen MR) is 116 cm³/mol. The standard InChI is InChI=1S/C21H29N3O4S/c1-5-6-13-24(3)29(26,27)18-10-8-17(9-11-18)22-15-21(25)23-19-14-16(2)7-12-20(19)28-4/h7-12,14,22H,5-6,13,15H2,1-4H3,(H,23,25). The second-order valence-corrected chi connectivity index (χ2v) is 8.85. The lowest BCUT2D eigenvalue weighted by Crippen LogP contribution is -2.28. The van der Waals surface area contributed by atoms with Crippen LogP contribution in [0.4, 0.5) is 11.4 Å². The molecule has 2 aromatic rings. The normalized spacial score (nSPS) is 11.3. The Morgan fingerprint density at radius 3 is 2.45 bits per heavy atom. The number of unbranched alkanes of at least 4 members (excludes halogenated alkanes) is 1. The van der Waals surface area contributed by atoms with Crippen LogP contribution >= 0.6 is 0 Å². The highest BCUT2D eigenvalue weighted by molar-refractivity contribution is 7.89. The molecule has 0 fully saturated rings. The summed E-state index contributed by atoms with van der Waals surface area (Å²) in [6.07, 6.45) is 1.75. The highest BCUT2D eigenvalue weighted by atomic mass is 32.2. The summed E-state index contributed by atoms with van der Waals surface area (Å²) in [7, 11) is -0.366. The Kier molecular flexibility index (Phi) is 8.04. The molecule has 0 aromatic heterocycles. The largest absolute Gasteiger partial charge is 0.495 e. The second kappa shape index (κ2) is 10.3. The van der Waals surface area contributed by atoms with E-state index in [-0.39, 0.29) is 17.3 Å². The smallest absolute Gasteiger partial charge is 0.243 e. The number of nitrogens with zero attached hydrogens (tertiary/aromatic N) is 1. The number of hydrogen-bond donors (Lipinski definition) is 2. The Hall–Kier alpha value is -2.58. The van der Waals surface area contributed by atoms with Crippen LogP contribution in [0.1, 0.15) is 25.3 Å². The van der Waals surface area contributed by atoms with Crippen molar-refractivity contribution in [3.05, 3.63) is 48.0 Å². The van der Waals surface area contributed by atoms with Crippen LogP contribution in [0.5, 0.6) is 5.75 Å². The van der Waals surface area contributed by atoms with E-state index in [1.54, 1.807) is 44.5 Å². The minimum absolute atomic E-state index is 0.0413. The summed E-state index contributed by atoms with van der Waals surface area (Å²) in [6.45, 7) is 4.48. The number of methoxy groups -OCH3 is 1. The number of carbonyl (C=O) groups excluding carboxylic acids is 1. The van der Waals surface area contributed by atoms with Crippen molar-refractivity contribution in [2.24, 2.45) is 0 Å². The van der Waals surface area contributed by atoms with Crippen LogP contribution in [0.15, 0.2) is 47.4 Å². The van der Waals surface area contributed by atoms with Gasteiger partial charge in [0.1, 0.15) is 5.75 Å². The molecule has 0 aliphatic rings. The summed E-state index contributed by atoms with van der Waals surface area (Å²) in [5.74, 6) is 0.357. The van der Waals surface area contributed by atoms with E-state index in [2.05, 4.69) is 10.6 Å². The van der Waals surface area contributed by atoms with E-state index in [0.717, 1.165) is 18.4 Å². The first kappa shape index (κ1) is 22.7. The number of aryl methyl sites for hydroxylation is 1. The lowest BCUT2D eigenvalue weighted by Gasteiger charge is -2.17. The SMILES string of the molecule is CCCCN(C)S(=O)(=O)c1ccc(NCC(=O)Nc2cc(C)ccc2OC)cc1. The molecule has 2 N–H and O–H groups in total. The predicted octanol–water partition coefficient (Wildman–Crippen LogP) is 3.47. The fourth-order valence-electron chi connectivity index (χ4n) is 2.72. The minimum atomic E-state index is -3.50. The molecule has 2 rings (SSSR count). The molecule has 0 aliphatic heterocycles. The van der Waals surface area contributed by atoms with Crippen LogP contribution in [-0.4, -0.2) is 45.9 Å². The Bertz CT molecular complexity index is 927. The number of benzene rings is 2. The van der Waals surface area contributed by atoms with Crippen molar-refractivity contribution in [1.82, 2.24) is 4.31 Å². The number of hydrogen-bond acceptors (Lipinski definition) is 5. The van der Waals surface area contributed by atoms with E-state index < -0.39 is 10.0 Å². The first-order chi connectivity index (χ1) is 13.8. The zero-order valence-electron chi connectivity index (χ0n) is 17.4. The van der Waals surface area contributed by atoms with Gasteiger partial charge in [-0.05, 0) is 55.3 Å². The van der Waals surface area contributed by atoms with Gasteiger partial charge in [-0.25, -0.2) is 12.7 Å². The maximum absolute atomic E-state index is 12.5. The fraction of sp³-hybridized carbons (Fsp3) is 0.381. The monoisotopic (exact) mass is 419 g/mol. The Balaban J connectivity index is 1.96. The summed E-state index contributed by atoms with van der Waals surface area (Å²) >= 11 is 0. The first-order valence-corrected chi connectivity index (χ1v) is 11.0. The minimum Gasteiger partial charge on any atom is -0.495 e. The Morgan fingerprint density at radius 2 is 1.83 bits per heavy atom. The summed E-state index contributed by atoms with van der Waals surface area (Å²) in [4.78, 5) is 12.5. The number of nitrogens with one attached hydrogen (secondary N) is 2. The quantitative estimate of drug-likeness (QED) is 0.616. The van der Waals surface area contributed by atoms with Gasteiger partial charge in [0.05, 0.1) is 24.2 Å². The van der Waals surface area contributed by atoms with E-state index in [9.17, 15) is 13.2 Å². The zero-order valence-corrected chi connectivity index (χ0v) is 18.2. The lowest BCUT2D eigenvalue weighted by atomic mass is 10.2. The van der Waals surface area contributed by atoms with Crippen molar-refractivity contribution >= 4 is 27.3 Å². The van der Waals surface area contributed by atoms with Crippen molar-refractivity contribution in [1.29, 1.82) is 0 Å². The summed E-state index contributed by atoms with van der Waals surface area (Å²) in [5.41, 5.74) is 2.28. The third-order valence-electron chi connectivity index (χ3n) is 4.47. The van der Waals surface area contributed by atoms with Gasteiger partial charge in [-0.2, -0.15) is 0 Å². The van der Waals surface area contributed by atoms with Crippen LogP contribution in [0, 0.1) is 6.92 Å². The molecule has 0 heterocycles. The first-order valence-electron chi connectivity index (χ1n) is 9.52. The van der Waals surface area contributed by atoms with E-state index in [4.69, 9.17) is 4.74 Å². The third kappa shape index (κ3) is 6.20. The van der Waals surface area contributed by atoms with Crippen LogP contribution < -0.4 is 15.4 Å². The van der Waals surface area contributed by atoms with E-state index in [0.29, 0.717) is 23.7 Å². The van der Waals surface area contributed by atoms with Gasteiger partial charge in [-0.1, -0.05) is 19.4 Å². The van der Waals surface area contributed by atoms with Crippen molar-refractivity contribution < 1.29 is 17.9 Å². The average molecular weight is 420 g/mol. The molecule has 8 heteroatoms. The highest BCUT2D eigenvalue weighted by Crippen LogP contribution is 2.25. The van der Waals surface area contributed by atoms with Crippen LogP contribution in [-0.2, 0) is 14.8 Å². The van der Waals surface area contributed by atoms with E-state index in [1.807, 2.05) is 26.0 Å². The van der Waals surface area contributed by atoms with Crippen molar-refractivity contribution in [3.8, 4) is 5.75 Å². The number of rotatable bonds is 10. The maximum Gasteiger partial charge on any atom is 0.243 e. The maximum atomic E-state index is 12.5. The molecular formula is C21H29N3O4S. The second-order valence-electron chi connectivity index (χ2n) is 6.81. The summed E-state index contributed by atoms with van der Waals surface area (Å²) in [6, 6.07) is 11.9. The van der Waals surface area contributed by atoms with Gasteiger partial charge in [0.25, 0.3) is 0 Å². The topological polar surface area (TPSA) is 87.7 Å². The van der Waals surface area contributed by atoms with Crippen LogP contribution in [0.3, 0.4) is 0 Å². The number of anilines is 2. The van der Waals surface area contributed by atoms with Gasteiger partial charge >= 0.3 is 0 Å². The highest BCUT2D eigenvalue weighted by Gasteiger charge is 2.19. The molecule has 0 saturated heterocycles. The van der Waals surface area contributed by atoms with Crippen molar-refractivity contribution in [2.45, 2.75) is 31.6 Å². The molecule has 0 bridgehead atoms. The number of amides is 1. The lowest BCUT2D eigenvalue weighted by molar-refractivity contribution is -0.114. The molecule has 0 atom stereocenters. The summed E-state index contributed by atoms with van der Waals surface area (Å²) < 4.78 is 31.7. The molecular weight excluding hydrogens is 390 g/mol. The van der Waals surface area contributed by atoms with Crippen LogP contribution in [0.2, 0.25) is 0 Å². The molecule has 158 valence electrons. The Labute approximate surface area is 173 Å². The molecule has 29 heavy (non-hydrogen) atoms. The Morgan fingerprint density at radius 1 is 1.14 bits per heavy atom. The van der Waals surface area contributed by atoms with Crippen molar-refractivity contribution in [3.63, 3.8) is 0 Å². The molecule has 1 amide bonds. The molecule has 0 radical (unpaired) electrons. The molecule has 0 aliphatic carbocycles. The average Bonchev–Trinajstić information content (AvgIpc) is 2.71. The number of ether oxygens (including phenoxy) is 1. The fourth-order valence-corrected chi connectivity index (χ4v) is 3.93.